The van der Waals surface area contributed by atoms with Crippen LogP contribution < -0.4 is 5.30 Å². The van der Waals surface area contributed by atoms with Crippen LogP contribution in [0.2, 0.25) is 0 Å². The van der Waals surface area contributed by atoms with E-state index in [0.717, 1.165) is 8.20 Å². The molecule has 0 radical (unpaired) electrons. The highest BCUT2D eigenvalue weighted by Crippen LogP contribution is 2.00. The maximum absolute atomic E-state index is 3.79. The van der Waals surface area contributed by atoms with Crippen molar-refractivity contribution in [2.24, 2.45) is 0 Å². The minimum absolute atomic E-state index is 1.11. The van der Waals surface area contributed by atoms with Crippen LogP contribution in [0.4, 0.5) is 0 Å². The summed E-state index contributed by atoms with van der Waals surface area (Å²) in [5, 5.41) is 1.32. The van der Waals surface area contributed by atoms with Gasteiger partial charge in [-0.2, -0.15) is 0 Å². The van der Waals surface area contributed by atoms with Gasteiger partial charge in [0.2, 0.25) is 0 Å². The first-order valence-corrected chi connectivity index (χ1v) is 3.95. The Bertz CT molecular complexity index is 216. The Morgan fingerprint density at radius 1 is 1.33 bits per heavy atom. The zero-order valence-corrected chi connectivity index (χ0v) is 6.36. The molecule has 0 unspecified atom stereocenters. The Labute approximate surface area is 57.3 Å². The maximum Gasteiger partial charge on any atom is 0.00412 e. The fourth-order valence-corrected chi connectivity index (χ4v) is 1.26. The Morgan fingerprint density at radius 2 is 2.00 bits per heavy atom. The summed E-state index contributed by atoms with van der Waals surface area (Å²) < 4.78 is 0. The fourth-order valence-electron chi connectivity index (χ4n) is 0.741. The van der Waals surface area contributed by atoms with Crippen molar-refractivity contribution in [1.29, 1.82) is 0 Å². The summed E-state index contributed by atoms with van der Waals surface area (Å²) in [5.41, 5.74) is 1.33. The molecule has 1 heteroatoms. The van der Waals surface area contributed by atoms with E-state index in [4.69, 9.17) is 0 Å². The molecule has 46 valence electrons. The molecule has 0 saturated heterocycles. The summed E-state index contributed by atoms with van der Waals surface area (Å²) in [6.07, 6.45) is 3.79. The second-order valence-corrected chi connectivity index (χ2v) is 2.74. The van der Waals surface area contributed by atoms with Crippen molar-refractivity contribution < 1.29 is 0 Å². The van der Waals surface area contributed by atoms with Crippen LogP contribution in [0.5, 0.6) is 0 Å². The van der Waals surface area contributed by atoms with E-state index < -0.39 is 0 Å². The molecule has 0 atom stereocenters. The monoisotopic (exact) mass is 136 g/mol. The van der Waals surface area contributed by atoms with Crippen molar-refractivity contribution in [3.8, 4) is 0 Å². The lowest BCUT2D eigenvalue weighted by Crippen LogP contribution is -1.94. The highest BCUT2D eigenvalue weighted by molar-refractivity contribution is 7.45. The molecule has 0 N–H and O–H groups in total. The third-order valence-electron chi connectivity index (χ3n) is 1.29. The zero-order valence-electron chi connectivity index (χ0n) is 5.46. The third-order valence-corrected chi connectivity index (χ3v) is 2.13. The number of benzene rings is 1. The molecule has 0 saturated carbocycles. The molecule has 0 heterocycles. The number of rotatable bonds is 1. The summed E-state index contributed by atoms with van der Waals surface area (Å²) in [6, 6.07) is 8.29. The van der Waals surface area contributed by atoms with Crippen molar-refractivity contribution in [1.82, 2.24) is 0 Å². The lowest BCUT2D eigenvalue weighted by molar-refractivity contribution is 1.52. The van der Waals surface area contributed by atoms with Crippen molar-refractivity contribution >= 4 is 19.8 Å². The Hall–Kier alpha value is -0.610. The van der Waals surface area contributed by atoms with Crippen LogP contribution in [0.15, 0.2) is 24.3 Å². The fraction of sp³-hybridized carbons (Fsp3) is 0.125. The van der Waals surface area contributed by atoms with E-state index >= 15 is 0 Å². The van der Waals surface area contributed by atoms with E-state index in [1.54, 1.807) is 0 Å². The standard InChI is InChI=1S/C8H9P/c1-7-5-3-4-6-8(7)9-2/h3-6H,2H2,1H3. The molecule has 1 rings (SSSR count). The van der Waals surface area contributed by atoms with E-state index in [1.165, 1.54) is 10.9 Å². The zero-order chi connectivity index (χ0) is 6.69. The van der Waals surface area contributed by atoms with Crippen molar-refractivity contribution in [2.45, 2.75) is 6.92 Å². The average molecular weight is 136 g/mol. The molecular weight excluding hydrogens is 127 g/mol. The number of hydrogen-bond acceptors (Lipinski definition) is 0. The SMILES string of the molecule is C=Pc1ccccc1C. The Kier molecular flexibility index (Phi) is 2.02. The predicted molar refractivity (Wildman–Crippen MR) is 44.9 cm³/mol. The molecular formula is C8H9P. The molecule has 1 aromatic rings. The van der Waals surface area contributed by atoms with Gasteiger partial charge in [-0.15, -0.1) is 0 Å². The quantitative estimate of drug-likeness (QED) is 0.518. The van der Waals surface area contributed by atoms with Gasteiger partial charge in [0, 0.05) is 5.30 Å². The van der Waals surface area contributed by atoms with Crippen molar-refractivity contribution in [3.05, 3.63) is 29.8 Å². The van der Waals surface area contributed by atoms with Gasteiger partial charge in [-0.1, -0.05) is 38.8 Å². The van der Waals surface area contributed by atoms with Crippen LogP contribution in [-0.4, -0.2) is 6.30 Å². The van der Waals surface area contributed by atoms with Crippen molar-refractivity contribution in [3.63, 3.8) is 0 Å². The van der Waals surface area contributed by atoms with Crippen LogP contribution in [0.3, 0.4) is 0 Å². The molecule has 0 aliphatic rings. The number of hydrogen-bond donors (Lipinski definition) is 0. The number of aryl methyl sites for hydroxylation is 1. The van der Waals surface area contributed by atoms with Gasteiger partial charge in [-0.3, -0.25) is 0 Å². The molecule has 0 bridgehead atoms. The molecule has 0 amide bonds. The van der Waals surface area contributed by atoms with Gasteiger partial charge >= 0.3 is 0 Å². The molecule has 0 fully saturated rings. The Morgan fingerprint density at radius 3 is 2.44 bits per heavy atom. The van der Waals surface area contributed by atoms with E-state index in [2.05, 4.69) is 25.4 Å². The van der Waals surface area contributed by atoms with Gasteiger partial charge in [-0.25, -0.2) is 0 Å². The molecule has 0 aliphatic carbocycles. The molecule has 1 aromatic carbocycles. The van der Waals surface area contributed by atoms with Crippen LogP contribution >= 0.6 is 8.20 Å². The van der Waals surface area contributed by atoms with E-state index in [-0.39, 0.29) is 0 Å². The topological polar surface area (TPSA) is 0 Å². The maximum atomic E-state index is 3.79. The van der Waals surface area contributed by atoms with Crippen LogP contribution in [0.1, 0.15) is 5.56 Å². The predicted octanol–water partition coefficient (Wildman–Crippen LogP) is 2.00. The minimum Gasteiger partial charge on any atom is -0.0761 e. The van der Waals surface area contributed by atoms with E-state index in [0.29, 0.717) is 0 Å². The highest BCUT2D eigenvalue weighted by atomic mass is 31.1. The largest absolute Gasteiger partial charge is 0.0761 e. The second kappa shape index (κ2) is 2.80. The lowest BCUT2D eigenvalue weighted by Gasteiger charge is -1.94. The van der Waals surface area contributed by atoms with Gasteiger partial charge in [0.05, 0.1) is 0 Å². The van der Waals surface area contributed by atoms with Crippen LogP contribution in [0, 0.1) is 6.92 Å². The first kappa shape index (κ1) is 6.51. The average Bonchev–Trinajstić information content (AvgIpc) is 1.89. The smallest absolute Gasteiger partial charge is 0.00412 e. The molecule has 0 spiro atoms. The van der Waals surface area contributed by atoms with Gasteiger partial charge in [-0.05, 0) is 12.5 Å². The van der Waals surface area contributed by atoms with Crippen LogP contribution in [0.25, 0.3) is 0 Å². The first-order chi connectivity index (χ1) is 4.34. The summed E-state index contributed by atoms with van der Waals surface area (Å²) in [7, 11) is 1.11. The molecule has 0 aliphatic heterocycles. The summed E-state index contributed by atoms with van der Waals surface area (Å²) in [4.78, 5) is 0. The highest BCUT2D eigenvalue weighted by Gasteiger charge is 1.87. The van der Waals surface area contributed by atoms with Gasteiger partial charge in [0.15, 0.2) is 0 Å². The molecule has 9 heavy (non-hydrogen) atoms. The van der Waals surface area contributed by atoms with Gasteiger partial charge in [0.25, 0.3) is 0 Å². The Balaban J connectivity index is 3.15. The van der Waals surface area contributed by atoms with Gasteiger partial charge < -0.3 is 0 Å². The van der Waals surface area contributed by atoms with Crippen molar-refractivity contribution in [2.75, 3.05) is 0 Å². The minimum atomic E-state index is 1.11. The van der Waals surface area contributed by atoms with E-state index in [1.807, 2.05) is 12.1 Å². The second-order valence-electron chi connectivity index (χ2n) is 1.94. The normalized spacial score (nSPS) is 9.89. The summed E-state index contributed by atoms with van der Waals surface area (Å²) in [5.74, 6) is 0. The van der Waals surface area contributed by atoms with Crippen LogP contribution in [-0.2, 0) is 0 Å². The molecule has 0 nitrogen and oxygen atoms in total. The first-order valence-electron chi connectivity index (χ1n) is 2.87. The third kappa shape index (κ3) is 1.40. The molecule has 0 aromatic heterocycles. The summed E-state index contributed by atoms with van der Waals surface area (Å²) in [6.45, 7) is 2.10. The lowest BCUT2D eigenvalue weighted by atomic mass is 10.2. The van der Waals surface area contributed by atoms with E-state index in [9.17, 15) is 0 Å². The summed E-state index contributed by atoms with van der Waals surface area (Å²) >= 11 is 0. The van der Waals surface area contributed by atoms with Gasteiger partial charge in [0.1, 0.15) is 0 Å².